The average Bonchev–Trinajstić information content (AvgIpc) is 2.60. The first-order valence-corrected chi connectivity index (χ1v) is 10.2. The number of rotatable bonds is 11. The summed E-state index contributed by atoms with van der Waals surface area (Å²) in [6, 6.07) is 8.52. The van der Waals surface area contributed by atoms with Gasteiger partial charge in [-0.15, -0.1) is 0 Å². The summed E-state index contributed by atoms with van der Waals surface area (Å²) in [5, 5.41) is 14.5. The van der Waals surface area contributed by atoms with Crippen molar-refractivity contribution in [1.82, 2.24) is 10.6 Å². The largest absolute Gasteiger partial charge is 0.481 e. The third kappa shape index (κ3) is 11.1. The molecule has 0 saturated carbocycles. The highest BCUT2D eigenvalue weighted by molar-refractivity contribution is 5.86. The Kier molecular flexibility index (Phi) is 10.2. The molecule has 2 amide bonds. The SMILES string of the molecule is CCCC(CCCC(=O)O)NC(=O)[C@H](Cc1ccccc1)NC(=O)OC(C)(C)C. The van der Waals surface area contributed by atoms with E-state index in [1.165, 1.54) is 0 Å². The third-order valence-corrected chi connectivity index (χ3v) is 4.22. The van der Waals surface area contributed by atoms with Gasteiger partial charge < -0.3 is 20.5 Å². The van der Waals surface area contributed by atoms with Crippen molar-refractivity contribution < 1.29 is 24.2 Å². The van der Waals surface area contributed by atoms with Crippen LogP contribution in [0.25, 0.3) is 0 Å². The number of ether oxygens (including phenoxy) is 1. The monoisotopic (exact) mass is 406 g/mol. The maximum Gasteiger partial charge on any atom is 0.408 e. The van der Waals surface area contributed by atoms with E-state index in [0.717, 1.165) is 18.4 Å². The van der Waals surface area contributed by atoms with E-state index in [1.807, 2.05) is 37.3 Å². The highest BCUT2D eigenvalue weighted by atomic mass is 16.6. The second kappa shape index (κ2) is 12.1. The van der Waals surface area contributed by atoms with Crippen molar-refractivity contribution in [2.45, 2.75) is 83.9 Å². The number of nitrogens with one attached hydrogen (secondary N) is 2. The maximum absolute atomic E-state index is 12.9. The molecule has 2 atom stereocenters. The van der Waals surface area contributed by atoms with Crippen LogP contribution in [0.3, 0.4) is 0 Å². The lowest BCUT2D eigenvalue weighted by Gasteiger charge is -2.25. The Morgan fingerprint density at radius 2 is 1.72 bits per heavy atom. The van der Waals surface area contributed by atoms with E-state index >= 15 is 0 Å². The average molecular weight is 407 g/mol. The van der Waals surface area contributed by atoms with Gasteiger partial charge >= 0.3 is 12.1 Å². The topological polar surface area (TPSA) is 105 Å². The van der Waals surface area contributed by atoms with Gasteiger partial charge in [0, 0.05) is 18.9 Å². The molecular weight excluding hydrogens is 372 g/mol. The molecule has 0 saturated heterocycles. The molecule has 3 N–H and O–H groups in total. The Morgan fingerprint density at radius 1 is 1.07 bits per heavy atom. The lowest BCUT2D eigenvalue weighted by Crippen LogP contribution is -2.51. The van der Waals surface area contributed by atoms with Crippen LogP contribution < -0.4 is 10.6 Å². The molecule has 1 aromatic rings. The quantitative estimate of drug-likeness (QED) is 0.520. The highest BCUT2D eigenvalue weighted by Gasteiger charge is 2.26. The number of carbonyl (C=O) groups is 3. The van der Waals surface area contributed by atoms with E-state index in [4.69, 9.17) is 9.84 Å². The van der Waals surface area contributed by atoms with Crippen molar-refractivity contribution in [2.75, 3.05) is 0 Å². The predicted octanol–water partition coefficient (Wildman–Crippen LogP) is 3.66. The van der Waals surface area contributed by atoms with Crippen LogP contribution in [0.2, 0.25) is 0 Å². The molecule has 7 heteroatoms. The Hall–Kier alpha value is -2.57. The zero-order valence-electron chi connectivity index (χ0n) is 17.9. The summed E-state index contributed by atoms with van der Waals surface area (Å²) in [5.74, 6) is -1.14. The molecule has 0 aliphatic heterocycles. The van der Waals surface area contributed by atoms with Crippen molar-refractivity contribution in [3.8, 4) is 0 Å². The number of amides is 2. The van der Waals surface area contributed by atoms with Crippen LogP contribution >= 0.6 is 0 Å². The van der Waals surface area contributed by atoms with Crippen LogP contribution in [0.1, 0.15) is 65.4 Å². The number of carboxylic acids is 1. The molecule has 7 nitrogen and oxygen atoms in total. The number of aliphatic carboxylic acids is 1. The van der Waals surface area contributed by atoms with Gasteiger partial charge in [-0.05, 0) is 45.6 Å². The summed E-state index contributed by atoms with van der Waals surface area (Å²) in [5.41, 5.74) is 0.251. The van der Waals surface area contributed by atoms with Crippen LogP contribution in [-0.4, -0.2) is 40.8 Å². The minimum Gasteiger partial charge on any atom is -0.481 e. The van der Waals surface area contributed by atoms with Gasteiger partial charge in [0.05, 0.1) is 0 Å². The van der Waals surface area contributed by atoms with E-state index in [9.17, 15) is 14.4 Å². The zero-order chi connectivity index (χ0) is 21.9. The number of alkyl carbamates (subject to hydrolysis) is 1. The fourth-order valence-corrected chi connectivity index (χ4v) is 2.95. The number of benzene rings is 1. The Labute approximate surface area is 173 Å². The summed E-state index contributed by atoms with van der Waals surface area (Å²) >= 11 is 0. The Bertz CT molecular complexity index is 655. The number of hydrogen-bond acceptors (Lipinski definition) is 4. The van der Waals surface area contributed by atoms with Crippen molar-refractivity contribution in [3.63, 3.8) is 0 Å². The smallest absolute Gasteiger partial charge is 0.408 e. The second-order valence-corrected chi connectivity index (χ2v) is 8.17. The van der Waals surface area contributed by atoms with Gasteiger partial charge in [0.25, 0.3) is 0 Å². The first-order chi connectivity index (χ1) is 13.6. The predicted molar refractivity (Wildman–Crippen MR) is 112 cm³/mol. The first-order valence-electron chi connectivity index (χ1n) is 10.2. The van der Waals surface area contributed by atoms with Gasteiger partial charge in [0.2, 0.25) is 5.91 Å². The molecule has 1 rings (SSSR count). The minimum absolute atomic E-state index is 0.0691. The number of hydrogen-bond donors (Lipinski definition) is 3. The summed E-state index contributed by atoms with van der Waals surface area (Å²) in [6.45, 7) is 7.30. The summed E-state index contributed by atoms with van der Waals surface area (Å²) in [6.07, 6.45) is 2.43. The molecule has 1 aromatic carbocycles. The van der Waals surface area contributed by atoms with Crippen LogP contribution in [-0.2, 0) is 20.7 Å². The van der Waals surface area contributed by atoms with Gasteiger partial charge in [0.1, 0.15) is 11.6 Å². The van der Waals surface area contributed by atoms with Crippen molar-refractivity contribution in [3.05, 3.63) is 35.9 Å². The fraction of sp³-hybridized carbons (Fsp3) is 0.591. The Morgan fingerprint density at radius 3 is 2.28 bits per heavy atom. The standard InChI is InChI=1S/C22H34N2O5/c1-5-10-17(13-9-14-19(25)26)23-20(27)18(15-16-11-7-6-8-12-16)24-21(28)29-22(2,3)4/h6-8,11-12,17-18H,5,9-10,13-15H2,1-4H3,(H,23,27)(H,24,28)(H,25,26)/t17?,18-/m0/s1. The van der Waals surface area contributed by atoms with Crippen LogP contribution in [0.15, 0.2) is 30.3 Å². The highest BCUT2D eigenvalue weighted by Crippen LogP contribution is 2.11. The van der Waals surface area contributed by atoms with Gasteiger partial charge in [-0.3, -0.25) is 9.59 Å². The van der Waals surface area contributed by atoms with Crippen LogP contribution in [0.4, 0.5) is 4.79 Å². The molecular formula is C22H34N2O5. The van der Waals surface area contributed by atoms with Crippen molar-refractivity contribution >= 4 is 18.0 Å². The van der Waals surface area contributed by atoms with Crippen molar-refractivity contribution in [2.24, 2.45) is 0 Å². The van der Waals surface area contributed by atoms with Gasteiger partial charge in [-0.25, -0.2) is 4.79 Å². The molecule has 0 bridgehead atoms. The maximum atomic E-state index is 12.9. The van der Waals surface area contributed by atoms with E-state index in [-0.39, 0.29) is 18.4 Å². The normalized spacial score (nSPS) is 13.2. The molecule has 0 fully saturated rings. The lowest BCUT2D eigenvalue weighted by molar-refractivity contribution is -0.137. The van der Waals surface area contributed by atoms with Crippen molar-refractivity contribution in [1.29, 1.82) is 0 Å². The lowest BCUT2D eigenvalue weighted by atomic mass is 10.0. The summed E-state index contributed by atoms with van der Waals surface area (Å²) in [4.78, 5) is 35.9. The van der Waals surface area contributed by atoms with E-state index in [0.29, 0.717) is 19.3 Å². The summed E-state index contributed by atoms with van der Waals surface area (Å²) in [7, 11) is 0. The van der Waals surface area contributed by atoms with Gasteiger partial charge in [0.15, 0.2) is 0 Å². The summed E-state index contributed by atoms with van der Waals surface area (Å²) < 4.78 is 5.30. The van der Waals surface area contributed by atoms with Gasteiger partial charge in [-0.1, -0.05) is 43.7 Å². The minimum atomic E-state index is -0.847. The number of carbonyl (C=O) groups excluding carboxylic acids is 2. The van der Waals surface area contributed by atoms with E-state index in [2.05, 4.69) is 10.6 Å². The fourth-order valence-electron chi connectivity index (χ4n) is 2.95. The molecule has 29 heavy (non-hydrogen) atoms. The molecule has 0 spiro atoms. The molecule has 0 aromatic heterocycles. The van der Waals surface area contributed by atoms with Crippen LogP contribution in [0, 0.1) is 0 Å². The zero-order valence-corrected chi connectivity index (χ0v) is 17.9. The van der Waals surface area contributed by atoms with E-state index in [1.54, 1.807) is 20.8 Å². The molecule has 1 unspecified atom stereocenters. The molecule has 0 heterocycles. The Balaban J connectivity index is 2.83. The number of carboxylic acid groups (broad SMARTS) is 1. The molecule has 162 valence electrons. The van der Waals surface area contributed by atoms with Crippen LogP contribution in [0.5, 0.6) is 0 Å². The van der Waals surface area contributed by atoms with E-state index < -0.39 is 23.7 Å². The molecule has 0 aliphatic carbocycles. The molecule has 0 radical (unpaired) electrons. The third-order valence-electron chi connectivity index (χ3n) is 4.22. The second-order valence-electron chi connectivity index (χ2n) is 8.17. The first kappa shape index (κ1) is 24.5. The van der Waals surface area contributed by atoms with Gasteiger partial charge in [-0.2, -0.15) is 0 Å². The molecule has 0 aliphatic rings.